The number of methoxy groups -OCH3 is 1. The second kappa shape index (κ2) is 10.6. The zero-order valence-corrected chi connectivity index (χ0v) is 15.8. The Morgan fingerprint density at radius 3 is 1.96 bits per heavy atom. The average molecular weight is 386 g/mol. The number of carbonyl (C=O) groups excluding carboxylic acids is 2. The first-order chi connectivity index (χ1) is 11.0. The molecular weight excluding hydrogens is 358 g/mol. The number of hydrogen-bond acceptors (Lipinski definition) is 4. The van der Waals surface area contributed by atoms with Crippen molar-refractivity contribution >= 4 is 27.5 Å². The van der Waals surface area contributed by atoms with Crippen LogP contribution in [0.5, 0.6) is 0 Å². The Hall–Kier alpha value is -1.10. The van der Waals surface area contributed by atoms with E-state index >= 15 is 0 Å². The maximum absolute atomic E-state index is 12.3. The summed E-state index contributed by atoms with van der Waals surface area (Å²) in [6, 6.07) is 0. The van der Waals surface area contributed by atoms with Gasteiger partial charge in [-0.25, -0.2) is 0 Å². The number of unbranched alkanes of at least 4 members (excludes halogenated alkanes) is 7. The van der Waals surface area contributed by atoms with Crippen molar-refractivity contribution in [3.63, 3.8) is 0 Å². The first kappa shape index (κ1) is 19.9. The van der Waals surface area contributed by atoms with E-state index in [9.17, 15) is 9.59 Å². The van der Waals surface area contributed by atoms with E-state index in [4.69, 9.17) is 10.5 Å². The largest absolute Gasteiger partial charge is 0.491 e. The van der Waals surface area contributed by atoms with Gasteiger partial charge >= 0.3 is 0 Å². The van der Waals surface area contributed by atoms with Crippen molar-refractivity contribution in [1.82, 2.24) is 0 Å². The van der Waals surface area contributed by atoms with E-state index in [0.717, 1.165) is 18.2 Å². The number of hydrogen-bond donors (Lipinski definition) is 1. The Morgan fingerprint density at radius 1 is 0.913 bits per heavy atom. The van der Waals surface area contributed by atoms with E-state index < -0.39 is 0 Å². The Labute approximate surface area is 147 Å². The summed E-state index contributed by atoms with van der Waals surface area (Å²) in [6.45, 7) is 1.68. The Bertz CT molecular complexity index is 494. The molecule has 5 heteroatoms. The van der Waals surface area contributed by atoms with Crippen molar-refractivity contribution in [2.75, 3.05) is 12.4 Å². The lowest BCUT2D eigenvalue weighted by atomic mass is 9.89. The molecule has 130 valence electrons. The molecule has 0 spiro atoms. The molecule has 23 heavy (non-hydrogen) atoms. The summed E-state index contributed by atoms with van der Waals surface area (Å²) in [5, 5.41) is 1.09. The smallest absolute Gasteiger partial charge is 0.226 e. The number of allylic oxidation sites excluding steroid dienone is 2. The first-order valence-corrected chi connectivity index (χ1v) is 9.55. The van der Waals surface area contributed by atoms with E-state index in [1.54, 1.807) is 6.92 Å². The van der Waals surface area contributed by atoms with Crippen molar-refractivity contribution in [3.05, 3.63) is 22.6 Å². The molecule has 0 aliphatic heterocycles. The number of rotatable bonds is 11. The van der Waals surface area contributed by atoms with Gasteiger partial charge in [0.2, 0.25) is 11.6 Å². The summed E-state index contributed by atoms with van der Waals surface area (Å²) in [5.41, 5.74) is 6.64. The van der Waals surface area contributed by atoms with Gasteiger partial charge in [-0.05, 0) is 26.2 Å². The third kappa shape index (κ3) is 5.79. The van der Waals surface area contributed by atoms with Crippen molar-refractivity contribution in [2.45, 2.75) is 64.7 Å². The molecule has 0 saturated heterocycles. The Balaban J connectivity index is 2.34. The fourth-order valence-electron chi connectivity index (χ4n) is 2.83. The van der Waals surface area contributed by atoms with Gasteiger partial charge in [0.1, 0.15) is 5.70 Å². The van der Waals surface area contributed by atoms with E-state index in [0.29, 0.717) is 17.6 Å². The molecule has 1 aliphatic carbocycles. The van der Waals surface area contributed by atoms with Crippen LogP contribution in [0.15, 0.2) is 22.6 Å². The number of carbonyl (C=O) groups is 2. The van der Waals surface area contributed by atoms with Gasteiger partial charge < -0.3 is 10.5 Å². The van der Waals surface area contributed by atoms with Gasteiger partial charge in [0.05, 0.1) is 7.11 Å². The molecule has 0 fully saturated rings. The number of ketones is 2. The fraction of sp³-hybridized carbons (Fsp3) is 0.667. The van der Waals surface area contributed by atoms with Gasteiger partial charge in [-0.1, -0.05) is 54.5 Å². The second-order valence-corrected chi connectivity index (χ2v) is 6.77. The summed E-state index contributed by atoms with van der Waals surface area (Å²) in [6.07, 6.45) is 10.2. The third-order valence-electron chi connectivity index (χ3n) is 4.28. The molecule has 0 aromatic rings. The molecule has 1 rings (SSSR count). The normalized spacial score (nSPS) is 15.6. The molecule has 0 aromatic heterocycles. The third-order valence-corrected chi connectivity index (χ3v) is 4.84. The van der Waals surface area contributed by atoms with Gasteiger partial charge in [0.25, 0.3) is 0 Å². The van der Waals surface area contributed by atoms with Crippen LogP contribution < -0.4 is 5.73 Å². The maximum Gasteiger partial charge on any atom is 0.226 e. The Morgan fingerprint density at radius 2 is 1.43 bits per heavy atom. The summed E-state index contributed by atoms with van der Waals surface area (Å²) in [5.74, 6) is -0.498. The molecule has 2 N–H and O–H groups in total. The van der Waals surface area contributed by atoms with Crippen molar-refractivity contribution in [2.24, 2.45) is 5.73 Å². The lowest BCUT2D eigenvalue weighted by molar-refractivity contribution is -0.119. The second-order valence-electron chi connectivity index (χ2n) is 5.98. The minimum Gasteiger partial charge on any atom is -0.491 e. The quantitative estimate of drug-likeness (QED) is 0.329. The summed E-state index contributed by atoms with van der Waals surface area (Å²) in [7, 11) is 1.38. The van der Waals surface area contributed by atoms with Crippen LogP contribution in [0, 0.1) is 0 Å². The highest BCUT2D eigenvalue weighted by molar-refractivity contribution is 9.09. The molecule has 0 unspecified atom stereocenters. The standard InChI is InChI=1S/C18H28BrNO3/c1-13-14(17(22)18(23-2)15(20)16(13)21)11-9-7-5-3-4-6-8-10-12-19/h3-12,20H2,1-2H3. The summed E-state index contributed by atoms with van der Waals surface area (Å²) >= 11 is 3.44. The van der Waals surface area contributed by atoms with E-state index in [-0.39, 0.29) is 23.0 Å². The first-order valence-electron chi connectivity index (χ1n) is 8.43. The highest BCUT2D eigenvalue weighted by Crippen LogP contribution is 2.26. The predicted molar refractivity (Wildman–Crippen MR) is 96.3 cm³/mol. The molecular formula is C18H28BrNO3. The van der Waals surface area contributed by atoms with Gasteiger partial charge in [-0.2, -0.15) is 0 Å². The fourth-order valence-corrected chi connectivity index (χ4v) is 3.23. The van der Waals surface area contributed by atoms with Crippen LogP contribution in [-0.2, 0) is 14.3 Å². The molecule has 0 saturated carbocycles. The molecule has 0 amide bonds. The van der Waals surface area contributed by atoms with E-state index in [1.165, 1.54) is 45.6 Å². The van der Waals surface area contributed by atoms with E-state index in [1.807, 2.05) is 0 Å². The molecule has 0 atom stereocenters. The SMILES string of the molecule is COC1=C(N)C(=O)C(C)=C(CCCCCCCCCCBr)C1=O. The summed E-state index contributed by atoms with van der Waals surface area (Å²) < 4.78 is 5.00. The van der Waals surface area contributed by atoms with Crippen LogP contribution in [0.1, 0.15) is 64.7 Å². The number of Topliss-reactive ketones (excluding diaryl/α,β-unsaturated/α-hetero) is 2. The molecule has 0 radical (unpaired) electrons. The lowest BCUT2D eigenvalue weighted by Gasteiger charge is -2.19. The average Bonchev–Trinajstić information content (AvgIpc) is 2.54. The molecule has 1 aliphatic rings. The van der Waals surface area contributed by atoms with Crippen LogP contribution in [0.3, 0.4) is 0 Å². The number of ether oxygens (including phenoxy) is 1. The topological polar surface area (TPSA) is 69.4 Å². The lowest BCUT2D eigenvalue weighted by Crippen LogP contribution is -2.28. The van der Waals surface area contributed by atoms with Crippen LogP contribution in [0.25, 0.3) is 0 Å². The van der Waals surface area contributed by atoms with Crippen LogP contribution in [-0.4, -0.2) is 24.0 Å². The highest BCUT2D eigenvalue weighted by atomic mass is 79.9. The zero-order chi connectivity index (χ0) is 17.2. The number of nitrogens with two attached hydrogens (primary N) is 1. The number of halogens is 1. The molecule has 0 bridgehead atoms. The zero-order valence-electron chi connectivity index (χ0n) is 14.3. The van der Waals surface area contributed by atoms with Gasteiger partial charge in [-0.3, -0.25) is 9.59 Å². The van der Waals surface area contributed by atoms with Gasteiger partial charge in [0, 0.05) is 16.5 Å². The van der Waals surface area contributed by atoms with Gasteiger partial charge in [-0.15, -0.1) is 0 Å². The van der Waals surface area contributed by atoms with E-state index in [2.05, 4.69) is 15.9 Å². The summed E-state index contributed by atoms with van der Waals surface area (Å²) in [4.78, 5) is 24.3. The molecule has 0 aromatic carbocycles. The Kier molecular flexibility index (Phi) is 9.22. The monoisotopic (exact) mass is 385 g/mol. The van der Waals surface area contributed by atoms with Crippen molar-refractivity contribution < 1.29 is 14.3 Å². The predicted octanol–water partition coefficient (Wildman–Crippen LogP) is 4.18. The molecule has 0 heterocycles. The van der Waals surface area contributed by atoms with Crippen molar-refractivity contribution in [1.29, 1.82) is 0 Å². The highest BCUT2D eigenvalue weighted by Gasteiger charge is 2.31. The minimum atomic E-state index is -0.275. The van der Waals surface area contributed by atoms with Crippen LogP contribution in [0.4, 0.5) is 0 Å². The maximum atomic E-state index is 12.3. The van der Waals surface area contributed by atoms with Crippen LogP contribution in [0.2, 0.25) is 0 Å². The molecule has 4 nitrogen and oxygen atoms in total. The van der Waals surface area contributed by atoms with Crippen LogP contribution >= 0.6 is 15.9 Å². The van der Waals surface area contributed by atoms with Gasteiger partial charge in [0.15, 0.2) is 5.76 Å². The minimum absolute atomic E-state index is 0.00221. The van der Waals surface area contributed by atoms with Crippen molar-refractivity contribution in [3.8, 4) is 0 Å². The number of alkyl halides is 1.